The molecule has 0 saturated heterocycles. The molecule has 0 spiro atoms. The van der Waals surface area contributed by atoms with Crippen LogP contribution < -0.4 is 15.4 Å². The maximum absolute atomic E-state index is 5.79. The van der Waals surface area contributed by atoms with E-state index in [2.05, 4.69) is 46.9 Å². The largest absolute Gasteiger partial charge is 0.493 e. The van der Waals surface area contributed by atoms with Gasteiger partial charge in [0, 0.05) is 50.8 Å². The van der Waals surface area contributed by atoms with Gasteiger partial charge < -0.3 is 20.1 Å². The van der Waals surface area contributed by atoms with E-state index >= 15 is 0 Å². The van der Waals surface area contributed by atoms with E-state index in [-0.39, 0.29) is 0 Å². The van der Waals surface area contributed by atoms with Crippen molar-refractivity contribution < 1.29 is 9.47 Å². The summed E-state index contributed by atoms with van der Waals surface area (Å²) in [5, 5.41) is 10.9. The van der Waals surface area contributed by atoms with Crippen LogP contribution in [0.4, 0.5) is 5.69 Å². The highest BCUT2D eigenvalue weighted by Crippen LogP contribution is 2.17. The second-order valence-corrected chi connectivity index (χ2v) is 7.07. The van der Waals surface area contributed by atoms with Crippen molar-refractivity contribution >= 4 is 11.6 Å². The minimum Gasteiger partial charge on any atom is -0.493 e. The smallest absolute Gasteiger partial charge is 0.196 e. The minimum absolute atomic E-state index is 0.579. The topological polar surface area (TPSA) is 72.7 Å². The Morgan fingerprint density at radius 3 is 2.74 bits per heavy atom. The first-order valence-corrected chi connectivity index (χ1v) is 10.6. The van der Waals surface area contributed by atoms with E-state index in [0.29, 0.717) is 19.8 Å². The van der Waals surface area contributed by atoms with Gasteiger partial charge in [-0.1, -0.05) is 30.3 Å². The number of ether oxygens (including phenoxy) is 2. The van der Waals surface area contributed by atoms with Crippen molar-refractivity contribution in [1.29, 1.82) is 0 Å². The predicted molar refractivity (Wildman–Crippen MR) is 125 cm³/mol. The van der Waals surface area contributed by atoms with Crippen molar-refractivity contribution in [3.05, 3.63) is 78.1 Å². The van der Waals surface area contributed by atoms with Gasteiger partial charge >= 0.3 is 0 Å². The highest BCUT2D eigenvalue weighted by Gasteiger charge is 2.03. The molecular formula is C24H31N5O2. The third-order valence-corrected chi connectivity index (χ3v) is 4.52. The van der Waals surface area contributed by atoms with E-state index in [4.69, 9.17) is 14.5 Å². The second-order valence-electron chi connectivity index (χ2n) is 7.07. The van der Waals surface area contributed by atoms with Crippen LogP contribution in [0.25, 0.3) is 0 Å². The van der Waals surface area contributed by atoms with Crippen LogP contribution >= 0.6 is 0 Å². The Morgan fingerprint density at radius 1 is 1.06 bits per heavy atom. The van der Waals surface area contributed by atoms with Gasteiger partial charge in [-0.3, -0.25) is 4.68 Å². The third kappa shape index (κ3) is 7.79. The van der Waals surface area contributed by atoms with Crippen LogP contribution in [-0.2, 0) is 17.8 Å². The number of anilines is 1. The molecular weight excluding hydrogens is 390 g/mol. The maximum Gasteiger partial charge on any atom is 0.196 e. The first-order chi connectivity index (χ1) is 15.3. The molecule has 0 aliphatic carbocycles. The fraction of sp³-hybridized carbons (Fsp3) is 0.333. The lowest BCUT2D eigenvalue weighted by molar-refractivity contribution is 0.172. The fourth-order valence-corrected chi connectivity index (χ4v) is 3.08. The van der Waals surface area contributed by atoms with Gasteiger partial charge in [-0.05, 0) is 36.2 Å². The summed E-state index contributed by atoms with van der Waals surface area (Å²) in [6, 6.07) is 18.3. The zero-order valence-electron chi connectivity index (χ0n) is 18.3. The molecule has 0 amide bonds. The van der Waals surface area contributed by atoms with Crippen molar-refractivity contribution in [3.8, 4) is 5.75 Å². The number of methoxy groups -OCH3 is 1. The van der Waals surface area contributed by atoms with Crippen LogP contribution in [0.5, 0.6) is 5.75 Å². The molecule has 3 aromatic rings. The van der Waals surface area contributed by atoms with E-state index in [1.54, 1.807) is 13.3 Å². The minimum atomic E-state index is 0.579. The molecule has 0 radical (unpaired) electrons. The van der Waals surface area contributed by atoms with Crippen LogP contribution in [-0.4, -0.2) is 42.6 Å². The highest BCUT2D eigenvalue weighted by molar-refractivity contribution is 5.93. The molecule has 31 heavy (non-hydrogen) atoms. The number of aliphatic imine (C=N–C) groups is 1. The van der Waals surface area contributed by atoms with Crippen LogP contribution in [0.15, 0.2) is 72.0 Å². The summed E-state index contributed by atoms with van der Waals surface area (Å²) in [6.45, 7) is 5.48. The molecule has 0 bridgehead atoms. The van der Waals surface area contributed by atoms with E-state index in [1.165, 1.54) is 5.56 Å². The lowest BCUT2D eigenvalue weighted by Crippen LogP contribution is -2.30. The first kappa shape index (κ1) is 22.4. The van der Waals surface area contributed by atoms with Gasteiger partial charge in [0.1, 0.15) is 5.75 Å². The lowest BCUT2D eigenvalue weighted by Gasteiger charge is -2.13. The predicted octanol–water partition coefficient (Wildman–Crippen LogP) is 3.92. The van der Waals surface area contributed by atoms with E-state index in [1.807, 2.05) is 41.2 Å². The molecule has 3 rings (SSSR count). The summed E-state index contributed by atoms with van der Waals surface area (Å²) in [5.41, 5.74) is 3.28. The maximum atomic E-state index is 5.79. The Kier molecular flexibility index (Phi) is 8.94. The Balaban J connectivity index is 1.61. The molecule has 164 valence electrons. The molecule has 7 heteroatoms. The van der Waals surface area contributed by atoms with E-state index in [9.17, 15) is 0 Å². The molecule has 2 N–H and O–H groups in total. The summed E-state index contributed by atoms with van der Waals surface area (Å²) in [6.07, 6.45) is 4.62. The quantitative estimate of drug-likeness (QED) is 0.279. The SMILES string of the molecule is CCNC(=NCc1cccc(Cn2cccn2)c1)Nc1cccc(OCCCOC)c1. The normalized spacial score (nSPS) is 11.4. The standard InChI is InChI=1S/C24H31N5O2/c1-3-25-24(28-22-10-5-11-23(17-22)31-15-7-14-30-2)26-18-20-8-4-9-21(16-20)19-29-13-6-12-27-29/h4-6,8-13,16-17H,3,7,14-15,18-19H2,1-2H3,(H2,25,26,28). The monoisotopic (exact) mass is 421 g/mol. The number of aromatic nitrogens is 2. The van der Waals surface area contributed by atoms with Gasteiger partial charge in [0.05, 0.1) is 19.7 Å². The Bertz CT molecular complexity index is 941. The van der Waals surface area contributed by atoms with Crippen LogP contribution in [0, 0.1) is 0 Å². The van der Waals surface area contributed by atoms with Gasteiger partial charge in [-0.15, -0.1) is 0 Å². The van der Waals surface area contributed by atoms with Gasteiger partial charge in [0.15, 0.2) is 5.96 Å². The molecule has 1 aromatic heterocycles. The summed E-state index contributed by atoms with van der Waals surface area (Å²) >= 11 is 0. The summed E-state index contributed by atoms with van der Waals surface area (Å²) < 4.78 is 12.8. The molecule has 0 aliphatic rings. The number of benzene rings is 2. The molecule has 0 atom stereocenters. The van der Waals surface area contributed by atoms with Crippen molar-refractivity contribution in [3.63, 3.8) is 0 Å². The highest BCUT2D eigenvalue weighted by atomic mass is 16.5. The zero-order chi connectivity index (χ0) is 21.7. The Hall–Kier alpha value is -3.32. The average molecular weight is 422 g/mol. The Morgan fingerprint density at radius 2 is 1.94 bits per heavy atom. The van der Waals surface area contributed by atoms with Crippen LogP contribution in [0.2, 0.25) is 0 Å². The third-order valence-electron chi connectivity index (χ3n) is 4.52. The number of hydrogen-bond donors (Lipinski definition) is 2. The number of rotatable bonds is 11. The van der Waals surface area contributed by atoms with Crippen LogP contribution in [0.3, 0.4) is 0 Å². The fourth-order valence-electron chi connectivity index (χ4n) is 3.08. The number of hydrogen-bond acceptors (Lipinski definition) is 4. The molecule has 7 nitrogen and oxygen atoms in total. The van der Waals surface area contributed by atoms with E-state index < -0.39 is 0 Å². The Labute approximate surface area is 184 Å². The molecule has 0 saturated carbocycles. The van der Waals surface area contributed by atoms with Crippen molar-refractivity contribution in [2.75, 3.05) is 32.2 Å². The zero-order valence-corrected chi connectivity index (χ0v) is 18.3. The average Bonchev–Trinajstić information content (AvgIpc) is 3.29. The van der Waals surface area contributed by atoms with Gasteiger partial charge in [0.25, 0.3) is 0 Å². The van der Waals surface area contributed by atoms with Crippen molar-refractivity contribution in [1.82, 2.24) is 15.1 Å². The van der Waals surface area contributed by atoms with Crippen LogP contribution in [0.1, 0.15) is 24.5 Å². The molecule has 0 fully saturated rings. The number of nitrogens with zero attached hydrogens (tertiary/aromatic N) is 3. The number of nitrogens with one attached hydrogen (secondary N) is 2. The molecule has 0 unspecified atom stereocenters. The molecule has 0 aliphatic heterocycles. The first-order valence-electron chi connectivity index (χ1n) is 10.6. The lowest BCUT2D eigenvalue weighted by atomic mass is 10.1. The van der Waals surface area contributed by atoms with Crippen molar-refractivity contribution in [2.24, 2.45) is 4.99 Å². The summed E-state index contributed by atoms with van der Waals surface area (Å²) in [7, 11) is 1.70. The molecule has 2 aromatic carbocycles. The van der Waals surface area contributed by atoms with E-state index in [0.717, 1.165) is 42.5 Å². The van der Waals surface area contributed by atoms with Gasteiger partial charge in [-0.25, -0.2) is 4.99 Å². The summed E-state index contributed by atoms with van der Waals surface area (Å²) in [4.78, 5) is 4.75. The number of guanidine groups is 1. The molecule has 1 heterocycles. The summed E-state index contributed by atoms with van der Waals surface area (Å²) in [5.74, 6) is 1.56. The van der Waals surface area contributed by atoms with Gasteiger partial charge in [-0.2, -0.15) is 5.10 Å². The van der Waals surface area contributed by atoms with Crippen molar-refractivity contribution in [2.45, 2.75) is 26.4 Å². The second kappa shape index (κ2) is 12.4. The van der Waals surface area contributed by atoms with Gasteiger partial charge in [0.2, 0.25) is 0 Å².